The molecule has 0 atom stereocenters. The molecule has 2 aliphatic heterocycles. The summed E-state index contributed by atoms with van der Waals surface area (Å²) in [6, 6.07) is 9.83. The molecular weight excluding hydrogens is 396 g/mol. The van der Waals surface area contributed by atoms with Crippen LogP contribution in [0.2, 0.25) is 0 Å². The van der Waals surface area contributed by atoms with Gasteiger partial charge in [0, 0.05) is 24.5 Å². The van der Waals surface area contributed by atoms with Gasteiger partial charge in [-0.15, -0.1) is 0 Å². The molecule has 2 aromatic rings. The molecule has 160 valence electrons. The van der Waals surface area contributed by atoms with Crippen molar-refractivity contribution in [3.05, 3.63) is 58.7 Å². The Morgan fingerprint density at radius 1 is 0.548 bits per heavy atom. The second-order valence-corrected chi connectivity index (χ2v) is 7.83. The van der Waals surface area contributed by atoms with Crippen LogP contribution >= 0.6 is 0 Å². The lowest BCUT2D eigenvalue weighted by molar-refractivity contribution is 0.0639. The van der Waals surface area contributed by atoms with Crippen molar-refractivity contribution in [2.75, 3.05) is 24.6 Å². The highest BCUT2D eigenvalue weighted by atomic mass is 16.2. The predicted molar refractivity (Wildman–Crippen MR) is 116 cm³/mol. The standard InChI is InChI=1S/C23H24N4O4/c24-16-10-6-8-14-18(16)22(30)26(20(14)28)12-4-2-1-3-5-13-27-21(29)15-9-7-11-17(25)19(15)23(27)31/h6-11H,1-5,12-13,24-25H2. The van der Waals surface area contributed by atoms with Gasteiger partial charge in [-0.2, -0.15) is 0 Å². The lowest BCUT2D eigenvalue weighted by Gasteiger charge is -2.14. The van der Waals surface area contributed by atoms with Gasteiger partial charge in [0.15, 0.2) is 0 Å². The SMILES string of the molecule is Nc1cccc2c1C(=O)N(CCCCCCCN1C(=O)c3cccc(N)c3C1=O)C2=O. The highest BCUT2D eigenvalue weighted by molar-refractivity contribution is 6.24. The highest BCUT2D eigenvalue weighted by Gasteiger charge is 2.37. The van der Waals surface area contributed by atoms with Crippen molar-refractivity contribution in [3.8, 4) is 0 Å². The number of anilines is 2. The van der Waals surface area contributed by atoms with Gasteiger partial charge in [-0.25, -0.2) is 0 Å². The third kappa shape index (κ3) is 3.54. The number of carbonyl (C=O) groups is 4. The summed E-state index contributed by atoms with van der Waals surface area (Å²) in [4.78, 5) is 52.3. The Bertz CT molecular complexity index is 1010. The summed E-state index contributed by atoms with van der Waals surface area (Å²) in [5.41, 5.74) is 13.7. The van der Waals surface area contributed by atoms with Crippen LogP contribution in [0.25, 0.3) is 0 Å². The lowest BCUT2D eigenvalue weighted by atomic mass is 10.1. The van der Waals surface area contributed by atoms with Gasteiger partial charge in [-0.3, -0.25) is 29.0 Å². The molecule has 2 heterocycles. The average molecular weight is 420 g/mol. The molecule has 0 aliphatic carbocycles. The number of unbranched alkanes of at least 4 members (excludes halogenated alkanes) is 4. The van der Waals surface area contributed by atoms with Gasteiger partial charge in [0.05, 0.1) is 22.3 Å². The number of carbonyl (C=O) groups excluding carboxylic acids is 4. The zero-order valence-corrected chi connectivity index (χ0v) is 17.1. The van der Waals surface area contributed by atoms with Crippen LogP contribution in [0, 0.1) is 0 Å². The topological polar surface area (TPSA) is 127 Å². The number of nitrogens with zero attached hydrogens (tertiary/aromatic N) is 2. The molecule has 2 aliphatic rings. The fourth-order valence-corrected chi connectivity index (χ4v) is 4.20. The average Bonchev–Trinajstić information content (AvgIpc) is 3.14. The molecule has 0 radical (unpaired) electrons. The summed E-state index contributed by atoms with van der Waals surface area (Å²) in [5.74, 6) is -1.25. The van der Waals surface area contributed by atoms with E-state index in [4.69, 9.17) is 11.5 Å². The van der Waals surface area contributed by atoms with Gasteiger partial charge in [0.25, 0.3) is 23.6 Å². The molecule has 0 bridgehead atoms. The van der Waals surface area contributed by atoms with E-state index in [2.05, 4.69) is 0 Å². The third-order valence-electron chi connectivity index (χ3n) is 5.83. The Labute approximate surface area is 179 Å². The molecule has 0 saturated carbocycles. The summed E-state index contributed by atoms with van der Waals surface area (Å²) < 4.78 is 0. The number of amides is 4. The Kier molecular flexibility index (Phi) is 5.46. The van der Waals surface area contributed by atoms with E-state index in [-0.39, 0.29) is 23.6 Å². The molecule has 31 heavy (non-hydrogen) atoms. The van der Waals surface area contributed by atoms with Crippen molar-refractivity contribution in [3.63, 3.8) is 0 Å². The molecule has 0 fully saturated rings. The predicted octanol–water partition coefficient (Wildman–Crippen LogP) is 2.69. The fourth-order valence-electron chi connectivity index (χ4n) is 4.20. The minimum atomic E-state index is -0.331. The number of benzene rings is 2. The molecule has 4 rings (SSSR count). The molecule has 0 aromatic heterocycles. The van der Waals surface area contributed by atoms with Crippen LogP contribution in [0.3, 0.4) is 0 Å². The monoisotopic (exact) mass is 420 g/mol. The number of nitrogens with two attached hydrogens (primary N) is 2. The molecule has 0 saturated heterocycles. The highest BCUT2D eigenvalue weighted by Crippen LogP contribution is 2.29. The number of imide groups is 2. The van der Waals surface area contributed by atoms with Crippen LogP contribution in [0.4, 0.5) is 11.4 Å². The number of fused-ring (bicyclic) bond motifs is 2. The normalized spacial score (nSPS) is 15.1. The minimum absolute atomic E-state index is 0.294. The number of nitrogen functional groups attached to an aromatic ring is 2. The second kappa shape index (κ2) is 8.22. The van der Waals surface area contributed by atoms with Crippen molar-refractivity contribution in [2.24, 2.45) is 0 Å². The van der Waals surface area contributed by atoms with Gasteiger partial charge < -0.3 is 11.5 Å². The van der Waals surface area contributed by atoms with E-state index < -0.39 is 0 Å². The van der Waals surface area contributed by atoms with E-state index in [1.54, 1.807) is 36.4 Å². The number of hydrogen-bond donors (Lipinski definition) is 2. The Balaban J connectivity index is 1.20. The van der Waals surface area contributed by atoms with Crippen LogP contribution in [0.15, 0.2) is 36.4 Å². The zero-order chi connectivity index (χ0) is 22.1. The maximum Gasteiger partial charge on any atom is 0.263 e. The van der Waals surface area contributed by atoms with E-state index in [1.807, 2.05) is 0 Å². The van der Waals surface area contributed by atoms with Crippen LogP contribution in [-0.4, -0.2) is 46.5 Å². The Morgan fingerprint density at radius 2 is 0.935 bits per heavy atom. The lowest BCUT2D eigenvalue weighted by Crippen LogP contribution is -2.31. The van der Waals surface area contributed by atoms with E-state index in [0.717, 1.165) is 19.3 Å². The quantitative estimate of drug-likeness (QED) is 0.384. The van der Waals surface area contributed by atoms with Crippen LogP contribution in [-0.2, 0) is 0 Å². The first-order valence-corrected chi connectivity index (χ1v) is 10.4. The number of hydrogen-bond acceptors (Lipinski definition) is 6. The summed E-state index contributed by atoms with van der Waals surface area (Å²) in [6.07, 6.45) is 3.91. The summed E-state index contributed by atoms with van der Waals surface area (Å²) in [5, 5.41) is 0. The van der Waals surface area contributed by atoms with Gasteiger partial charge >= 0.3 is 0 Å². The van der Waals surface area contributed by atoms with Gasteiger partial charge in [0.2, 0.25) is 0 Å². The minimum Gasteiger partial charge on any atom is -0.398 e. The molecule has 4 N–H and O–H groups in total. The van der Waals surface area contributed by atoms with Crippen LogP contribution in [0.5, 0.6) is 0 Å². The smallest absolute Gasteiger partial charge is 0.263 e. The number of rotatable bonds is 8. The summed E-state index contributed by atoms with van der Waals surface area (Å²) >= 11 is 0. The summed E-state index contributed by atoms with van der Waals surface area (Å²) in [6.45, 7) is 0.701. The molecular formula is C23H24N4O4. The van der Waals surface area contributed by atoms with Crippen molar-refractivity contribution in [1.29, 1.82) is 0 Å². The Morgan fingerprint density at radius 3 is 1.32 bits per heavy atom. The van der Waals surface area contributed by atoms with Gasteiger partial charge in [-0.1, -0.05) is 31.4 Å². The van der Waals surface area contributed by atoms with E-state index >= 15 is 0 Å². The van der Waals surface area contributed by atoms with Gasteiger partial charge in [0.1, 0.15) is 0 Å². The maximum absolute atomic E-state index is 12.5. The van der Waals surface area contributed by atoms with Crippen molar-refractivity contribution in [1.82, 2.24) is 9.80 Å². The van der Waals surface area contributed by atoms with Crippen LogP contribution in [0.1, 0.15) is 73.5 Å². The maximum atomic E-state index is 12.5. The molecule has 2 aromatic carbocycles. The molecule has 8 nitrogen and oxygen atoms in total. The van der Waals surface area contributed by atoms with E-state index in [9.17, 15) is 19.2 Å². The summed E-state index contributed by atoms with van der Waals surface area (Å²) in [7, 11) is 0. The van der Waals surface area contributed by atoms with Crippen molar-refractivity contribution < 1.29 is 19.2 Å². The third-order valence-corrected chi connectivity index (χ3v) is 5.83. The van der Waals surface area contributed by atoms with Crippen molar-refractivity contribution >= 4 is 35.0 Å². The fraction of sp³-hybridized carbons (Fsp3) is 0.304. The van der Waals surface area contributed by atoms with E-state index in [0.29, 0.717) is 59.6 Å². The molecule has 0 unspecified atom stereocenters. The van der Waals surface area contributed by atoms with E-state index in [1.165, 1.54) is 9.80 Å². The van der Waals surface area contributed by atoms with Crippen molar-refractivity contribution in [2.45, 2.75) is 32.1 Å². The molecule has 0 spiro atoms. The zero-order valence-electron chi connectivity index (χ0n) is 17.1. The first kappa shape index (κ1) is 20.6. The second-order valence-electron chi connectivity index (χ2n) is 7.83. The Hall–Kier alpha value is -3.68. The van der Waals surface area contributed by atoms with Gasteiger partial charge in [-0.05, 0) is 37.1 Å². The van der Waals surface area contributed by atoms with Crippen LogP contribution < -0.4 is 11.5 Å². The first-order valence-electron chi connectivity index (χ1n) is 10.4. The first-order chi connectivity index (χ1) is 14.9. The largest absolute Gasteiger partial charge is 0.398 e. The molecule has 8 heteroatoms. The molecule has 4 amide bonds.